The van der Waals surface area contributed by atoms with Crippen molar-refractivity contribution in [3.05, 3.63) is 0 Å². The van der Waals surface area contributed by atoms with Crippen molar-refractivity contribution in [2.75, 3.05) is 52.7 Å². The monoisotopic (exact) mass is 1220 g/mol. The number of carbonyl (C=O) groups excluding carboxylic acids is 8. The third-order valence-electron chi connectivity index (χ3n) is 14.5. The van der Waals surface area contributed by atoms with Crippen LogP contribution in [0, 0.1) is 5.41 Å². The highest BCUT2D eigenvalue weighted by Crippen LogP contribution is 2.26. The Bertz CT molecular complexity index is 2070. The lowest BCUT2D eigenvalue weighted by Gasteiger charge is -2.42. The molecule has 3 rings (SSSR count). The first-order valence-electron chi connectivity index (χ1n) is 29.4. The predicted octanol–water partition coefficient (Wildman–Crippen LogP) is -4.46. The molecule has 3 fully saturated rings. The van der Waals surface area contributed by atoms with Crippen LogP contribution in [0.5, 0.6) is 0 Å². The highest BCUT2D eigenvalue weighted by atomic mass is 16.7. The minimum absolute atomic E-state index is 0.0134. The van der Waals surface area contributed by atoms with Crippen molar-refractivity contribution in [2.45, 2.75) is 242 Å². The number of amides is 7. The third-order valence-corrected chi connectivity index (χ3v) is 14.5. The van der Waals surface area contributed by atoms with Crippen molar-refractivity contribution in [2.24, 2.45) is 5.41 Å². The Hall–Kier alpha value is -4.64. The normalized spacial score (nSPS) is 28.5. The Morgan fingerprint density at radius 3 is 1.08 bits per heavy atom. The largest absolute Gasteiger partial charge is 0.394 e. The number of hydrogen-bond acceptors (Lipinski definition) is 23. The van der Waals surface area contributed by atoms with Gasteiger partial charge in [-0.25, -0.2) is 0 Å². The number of hydrogen-bond donors (Lipinski definition) is 16. The van der Waals surface area contributed by atoms with E-state index in [1.54, 1.807) is 20.8 Å². The summed E-state index contributed by atoms with van der Waals surface area (Å²) >= 11 is 0. The fraction of sp³-hybridized carbons (Fsp3) is 0.855. The number of rotatable bonds is 38. The summed E-state index contributed by atoms with van der Waals surface area (Å²) in [7, 11) is 0. The maximum absolute atomic E-state index is 14.1. The highest BCUT2D eigenvalue weighted by Gasteiger charge is 2.48. The first kappa shape index (κ1) is 74.6. The molecule has 0 aliphatic carbocycles. The van der Waals surface area contributed by atoms with Crippen molar-refractivity contribution in [1.29, 1.82) is 0 Å². The van der Waals surface area contributed by atoms with E-state index in [1.807, 2.05) is 0 Å². The quantitative estimate of drug-likeness (QED) is 0.0259. The molecule has 0 aromatic carbocycles. The van der Waals surface area contributed by atoms with E-state index < -0.39 is 159 Å². The molecule has 0 saturated carbocycles. The van der Waals surface area contributed by atoms with Gasteiger partial charge in [0.2, 0.25) is 41.4 Å². The lowest BCUT2D eigenvalue weighted by Crippen LogP contribution is -2.64. The lowest BCUT2D eigenvalue weighted by atomic mass is 9.84. The molecular formula is C55H97N7O23. The van der Waals surface area contributed by atoms with Gasteiger partial charge in [0.05, 0.1) is 25.9 Å². The van der Waals surface area contributed by atoms with E-state index in [0.717, 1.165) is 0 Å². The zero-order chi connectivity index (χ0) is 63.4. The molecule has 0 aromatic rings. The van der Waals surface area contributed by atoms with Gasteiger partial charge in [0.15, 0.2) is 24.7 Å². The Balaban J connectivity index is 1.54. The van der Waals surface area contributed by atoms with Crippen LogP contribution in [-0.4, -0.2) is 250 Å². The van der Waals surface area contributed by atoms with E-state index >= 15 is 0 Å². The van der Waals surface area contributed by atoms with Crippen LogP contribution in [0.15, 0.2) is 0 Å². The van der Waals surface area contributed by atoms with Crippen LogP contribution in [0.3, 0.4) is 0 Å². The summed E-state index contributed by atoms with van der Waals surface area (Å²) in [5.74, 6) is -3.38. The fourth-order valence-electron chi connectivity index (χ4n) is 9.78. The van der Waals surface area contributed by atoms with Gasteiger partial charge in [0, 0.05) is 78.4 Å². The van der Waals surface area contributed by atoms with E-state index in [0.29, 0.717) is 51.4 Å². The lowest BCUT2D eigenvalue weighted by molar-refractivity contribution is -0.270. The second-order valence-corrected chi connectivity index (χ2v) is 22.8. The summed E-state index contributed by atoms with van der Waals surface area (Å²) in [4.78, 5) is 102. The number of nitrogens with one attached hydrogen (secondary N) is 7. The first-order chi connectivity index (χ1) is 40.2. The van der Waals surface area contributed by atoms with E-state index in [2.05, 4.69) is 37.2 Å². The maximum atomic E-state index is 14.1. The molecule has 0 radical (unpaired) electrons. The molecule has 490 valence electrons. The highest BCUT2D eigenvalue weighted by molar-refractivity contribution is 5.94. The van der Waals surface area contributed by atoms with Gasteiger partial charge >= 0.3 is 0 Å². The maximum Gasteiger partial charge on any atom is 0.243 e. The molecule has 17 atom stereocenters. The Morgan fingerprint density at radius 1 is 0.435 bits per heavy atom. The Morgan fingerprint density at radius 2 is 0.765 bits per heavy atom. The first-order valence-corrected chi connectivity index (χ1v) is 29.4. The minimum Gasteiger partial charge on any atom is -0.394 e. The molecule has 30 heteroatoms. The van der Waals surface area contributed by atoms with Gasteiger partial charge in [-0.15, -0.1) is 0 Å². The van der Waals surface area contributed by atoms with Crippen molar-refractivity contribution >= 4 is 47.1 Å². The molecule has 3 saturated heterocycles. The molecule has 0 aromatic heterocycles. The third kappa shape index (κ3) is 25.9. The molecule has 17 unspecified atom stereocenters. The van der Waals surface area contributed by atoms with Gasteiger partial charge in [-0.3, -0.25) is 38.4 Å². The van der Waals surface area contributed by atoms with Crippen molar-refractivity contribution in [3.8, 4) is 0 Å². The van der Waals surface area contributed by atoms with Crippen molar-refractivity contribution in [1.82, 2.24) is 37.2 Å². The Kier molecular flexibility index (Phi) is 33.9. The van der Waals surface area contributed by atoms with E-state index in [4.69, 9.17) is 28.4 Å². The molecule has 3 heterocycles. The number of aliphatic hydroxyl groups is 9. The fourth-order valence-corrected chi connectivity index (χ4v) is 9.78. The summed E-state index contributed by atoms with van der Waals surface area (Å²) in [5.41, 5.74) is -0.877. The van der Waals surface area contributed by atoms with Gasteiger partial charge in [0.1, 0.15) is 79.1 Å². The number of carbonyl (C=O) groups is 8. The van der Waals surface area contributed by atoms with Crippen LogP contribution in [0.1, 0.15) is 138 Å². The van der Waals surface area contributed by atoms with E-state index in [-0.39, 0.29) is 95.5 Å². The van der Waals surface area contributed by atoms with Crippen LogP contribution in [-0.2, 0) is 66.8 Å². The van der Waals surface area contributed by atoms with Gasteiger partial charge in [-0.1, -0.05) is 20.8 Å². The molecule has 85 heavy (non-hydrogen) atoms. The Labute approximate surface area is 495 Å². The molecule has 0 spiro atoms. The van der Waals surface area contributed by atoms with Crippen LogP contribution in [0.2, 0.25) is 0 Å². The van der Waals surface area contributed by atoms with Crippen molar-refractivity contribution < 1.29 is 113 Å². The number of Topliss-reactive ketones (excluding diaryl/α,β-unsaturated/α-hetero) is 1. The SMILES string of the molecule is CC(=O)NC1C(OCCCCC(=O)NCCCCC(NC(=O)CCCCOC2OC(CO)C(O)C(O)C2NC(C)=O)C(=O)NC(CCCCNC(=O)CCCCOC2OC(CO)C(O)C(O)C2NC(C)=O)C(=O)C(C)(C)C)OC(CO)C(O)C1O. The minimum atomic E-state index is -1.51. The van der Waals surface area contributed by atoms with Crippen LogP contribution in [0.25, 0.3) is 0 Å². The van der Waals surface area contributed by atoms with Gasteiger partial charge in [-0.05, 0) is 77.0 Å². The number of ketones is 1. The number of ether oxygens (including phenoxy) is 6. The molecule has 7 amide bonds. The van der Waals surface area contributed by atoms with Gasteiger partial charge in [-0.2, -0.15) is 0 Å². The van der Waals surface area contributed by atoms with Gasteiger partial charge < -0.3 is 112 Å². The second-order valence-electron chi connectivity index (χ2n) is 22.8. The average molecular weight is 1220 g/mol. The van der Waals surface area contributed by atoms with E-state index in [1.165, 1.54) is 20.8 Å². The molecular weight excluding hydrogens is 1130 g/mol. The molecule has 0 bridgehead atoms. The summed E-state index contributed by atoms with van der Waals surface area (Å²) in [6, 6.07) is -5.40. The summed E-state index contributed by atoms with van der Waals surface area (Å²) in [6.45, 7) is 7.62. The summed E-state index contributed by atoms with van der Waals surface area (Å²) < 4.78 is 33.9. The molecule has 16 N–H and O–H groups in total. The standard InChI is InChI=1S/C55H97N7O23/c1-30(66)58-41-47(75)44(72)35(27-63)83-52(41)80-24-14-9-19-38(69)56-22-12-7-17-33(50(78)55(4,5)6)62-51(79)34(61-40(71)21-11-16-26-82-54-43(60-32(3)68)49(77)46(74)37(29-65)85-54)18-8-13-23-57-39(70)20-10-15-25-81-53-42(59-31(2)67)48(76)45(73)36(28-64)84-53/h33-37,41-49,52-54,63-65,72-77H,7-29H2,1-6H3,(H,56,69)(H,57,70)(H,58,66)(H,59,67)(H,60,68)(H,61,71)(H,62,79). The summed E-state index contributed by atoms with van der Waals surface area (Å²) in [6.07, 6.45) is -11.6. The molecule has 3 aliphatic heterocycles. The second kappa shape index (κ2) is 38.6. The van der Waals surface area contributed by atoms with Crippen molar-refractivity contribution in [3.63, 3.8) is 0 Å². The van der Waals surface area contributed by atoms with Crippen LogP contribution < -0.4 is 37.2 Å². The topological polar surface area (TPSA) is 458 Å². The zero-order valence-electron chi connectivity index (χ0n) is 49.8. The van der Waals surface area contributed by atoms with Gasteiger partial charge in [0.25, 0.3) is 0 Å². The number of unbranched alkanes of at least 4 members (excludes halogenated alkanes) is 5. The van der Waals surface area contributed by atoms with Crippen LogP contribution in [0.4, 0.5) is 0 Å². The number of aliphatic hydroxyl groups excluding tert-OH is 9. The van der Waals surface area contributed by atoms with Crippen LogP contribution >= 0.6 is 0 Å². The predicted molar refractivity (Wildman–Crippen MR) is 298 cm³/mol. The molecule has 30 nitrogen and oxygen atoms in total. The zero-order valence-corrected chi connectivity index (χ0v) is 49.8. The van der Waals surface area contributed by atoms with E-state index in [9.17, 15) is 84.3 Å². The smallest absolute Gasteiger partial charge is 0.243 e. The average Bonchev–Trinajstić information content (AvgIpc) is 3.07. The summed E-state index contributed by atoms with van der Waals surface area (Å²) in [5, 5.41) is 110. The molecule has 3 aliphatic rings.